The number of nitrogens with zero attached hydrogens (tertiary/aromatic N) is 4. The molecule has 1 aliphatic heterocycles. The summed E-state index contributed by atoms with van der Waals surface area (Å²) in [6, 6.07) is 0. The maximum absolute atomic E-state index is 12.3. The van der Waals surface area contributed by atoms with Gasteiger partial charge in [0.2, 0.25) is 0 Å². The summed E-state index contributed by atoms with van der Waals surface area (Å²) in [6.45, 7) is 7.31. The third-order valence-corrected chi connectivity index (χ3v) is 3.97. The van der Waals surface area contributed by atoms with Crippen molar-refractivity contribution in [2.75, 3.05) is 13.1 Å². The zero-order valence-electron chi connectivity index (χ0n) is 12.7. The van der Waals surface area contributed by atoms with Crippen LogP contribution in [0.25, 0.3) is 0 Å². The molecule has 7 heteroatoms. The van der Waals surface area contributed by atoms with Crippen LogP contribution in [0.1, 0.15) is 44.1 Å². The van der Waals surface area contributed by atoms with Crippen molar-refractivity contribution in [2.45, 2.75) is 40.2 Å². The Kier molecular flexibility index (Phi) is 4.29. The summed E-state index contributed by atoms with van der Waals surface area (Å²) in [6.07, 6.45) is 3.08. The van der Waals surface area contributed by atoms with E-state index in [9.17, 15) is 14.7 Å². The van der Waals surface area contributed by atoms with Crippen molar-refractivity contribution in [3.63, 3.8) is 0 Å². The molecule has 21 heavy (non-hydrogen) atoms. The van der Waals surface area contributed by atoms with Gasteiger partial charge in [-0.15, -0.1) is 5.10 Å². The van der Waals surface area contributed by atoms with Gasteiger partial charge < -0.3 is 10.0 Å². The van der Waals surface area contributed by atoms with Gasteiger partial charge in [0.15, 0.2) is 5.69 Å². The molecule has 0 aliphatic carbocycles. The number of aromatic nitrogens is 3. The van der Waals surface area contributed by atoms with E-state index in [-0.39, 0.29) is 18.1 Å². The monoisotopic (exact) mass is 294 g/mol. The van der Waals surface area contributed by atoms with Crippen molar-refractivity contribution in [3.05, 3.63) is 11.9 Å². The molecule has 1 aromatic heterocycles. The number of rotatable bonds is 5. The van der Waals surface area contributed by atoms with Gasteiger partial charge in [-0.25, -0.2) is 0 Å². The minimum Gasteiger partial charge on any atom is -0.481 e. The Hall–Kier alpha value is -1.92. The van der Waals surface area contributed by atoms with Crippen LogP contribution in [0.3, 0.4) is 0 Å². The van der Waals surface area contributed by atoms with E-state index in [2.05, 4.69) is 24.2 Å². The molecule has 0 radical (unpaired) electrons. The van der Waals surface area contributed by atoms with E-state index in [0.29, 0.717) is 18.9 Å². The van der Waals surface area contributed by atoms with Crippen molar-refractivity contribution in [1.82, 2.24) is 19.9 Å². The van der Waals surface area contributed by atoms with Gasteiger partial charge in [-0.3, -0.25) is 14.3 Å². The quantitative estimate of drug-likeness (QED) is 0.883. The lowest BCUT2D eigenvalue weighted by Crippen LogP contribution is -2.35. The molecule has 1 N–H and O–H groups in total. The first-order chi connectivity index (χ1) is 9.82. The van der Waals surface area contributed by atoms with Crippen LogP contribution < -0.4 is 0 Å². The number of carbonyl (C=O) groups excluding carboxylic acids is 1. The second kappa shape index (κ2) is 5.83. The standard InChI is InChI=1S/C14H22N4O3/c1-10(2)4-6-18-8-11(15-16-18)12(19)17-7-5-14(3,9-17)13(20)21/h8,10H,4-7,9H2,1-3H3,(H,20,21). The molecular weight excluding hydrogens is 272 g/mol. The smallest absolute Gasteiger partial charge is 0.311 e. The van der Waals surface area contributed by atoms with E-state index in [1.165, 1.54) is 0 Å². The largest absolute Gasteiger partial charge is 0.481 e. The molecule has 0 bridgehead atoms. The highest BCUT2D eigenvalue weighted by molar-refractivity contribution is 5.92. The van der Waals surface area contributed by atoms with E-state index in [1.54, 1.807) is 22.7 Å². The lowest BCUT2D eigenvalue weighted by Gasteiger charge is -2.19. The molecule has 7 nitrogen and oxygen atoms in total. The highest BCUT2D eigenvalue weighted by atomic mass is 16.4. The van der Waals surface area contributed by atoms with E-state index in [4.69, 9.17) is 0 Å². The number of carboxylic acids is 1. The Balaban J connectivity index is 2.00. The lowest BCUT2D eigenvalue weighted by atomic mass is 9.90. The minimum absolute atomic E-state index is 0.222. The normalized spacial score (nSPS) is 22.0. The van der Waals surface area contributed by atoms with Crippen molar-refractivity contribution >= 4 is 11.9 Å². The number of carbonyl (C=O) groups is 2. The predicted molar refractivity (Wildman–Crippen MR) is 75.7 cm³/mol. The van der Waals surface area contributed by atoms with E-state index < -0.39 is 11.4 Å². The fraction of sp³-hybridized carbons (Fsp3) is 0.714. The third-order valence-electron chi connectivity index (χ3n) is 3.97. The van der Waals surface area contributed by atoms with Crippen LogP contribution in [0.4, 0.5) is 0 Å². The van der Waals surface area contributed by atoms with E-state index >= 15 is 0 Å². The van der Waals surface area contributed by atoms with Crippen molar-refractivity contribution in [3.8, 4) is 0 Å². The Labute approximate surface area is 123 Å². The van der Waals surface area contributed by atoms with Crippen molar-refractivity contribution < 1.29 is 14.7 Å². The minimum atomic E-state index is -0.863. The van der Waals surface area contributed by atoms with Crippen molar-refractivity contribution in [2.24, 2.45) is 11.3 Å². The summed E-state index contributed by atoms with van der Waals surface area (Å²) >= 11 is 0. The van der Waals surface area contributed by atoms with Gasteiger partial charge in [-0.05, 0) is 25.7 Å². The molecule has 0 saturated carbocycles. The molecule has 1 saturated heterocycles. The van der Waals surface area contributed by atoms with Crippen LogP contribution in [-0.2, 0) is 11.3 Å². The summed E-state index contributed by atoms with van der Waals surface area (Å²) in [5.41, 5.74) is -0.572. The third kappa shape index (κ3) is 3.40. The maximum Gasteiger partial charge on any atom is 0.311 e. The van der Waals surface area contributed by atoms with Crippen molar-refractivity contribution in [1.29, 1.82) is 0 Å². The number of likely N-dealkylation sites (tertiary alicyclic amines) is 1. The first-order valence-corrected chi connectivity index (χ1v) is 7.24. The first-order valence-electron chi connectivity index (χ1n) is 7.24. The number of amides is 1. The van der Waals surface area contributed by atoms with Gasteiger partial charge in [-0.2, -0.15) is 0 Å². The summed E-state index contributed by atoms with van der Waals surface area (Å²) in [7, 11) is 0. The van der Waals surface area contributed by atoms with Gasteiger partial charge in [0.05, 0.1) is 11.6 Å². The second-order valence-electron chi connectivity index (χ2n) is 6.39. The van der Waals surface area contributed by atoms with Gasteiger partial charge in [0.25, 0.3) is 5.91 Å². The number of hydrogen-bond acceptors (Lipinski definition) is 4. The first kappa shape index (κ1) is 15.5. The van der Waals surface area contributed by atoms with E-state index in [1.807, 2.05) is 0 Å². The lowest BCUT2D eigenvalue weighted by molar-refractivity contribution is -0.147. The number of aliphatic carboxylic acids is 1. The SMILES string of the molecule is CC(C)CCn1cc(C(=O)N2CCC(C)(C(=O)O)C2)nn1. The van der Waals surface area contributed by atoms with Crippen LogP contribution in [0.5, 0.6) is 0 Å². The molecule has 1 atom stereocenters. The molecular formula is C14H22N4O3. The van der Waals surface area contributed by atoms with Gasteiger partial charge in [0, 0.05) is 19.6 Å². The molecule has 1 fully saturated rings. The fourth-order valence-electron chi connectivity index (χ4n) is 2.37. The summed E-state index contributed by atoms with van der Waals surface area (Å²) in [5.74, 6) is -0.544. The molecule has 0 aromatic carbocycles. The number of carboxylic acid groups (broad SMARTS) is 1. The van der Waals surface area contributed by atoms with Gasteiger partial charge >= 0.3 is 5.97 Å². The Morgan fingerprint density at radius 2 is 2.19 bits per heavy atom. The summed E-state index contributed by atoms with van der Waals surface area (Å²) in [5, 5.41) is 17.1. The maximum atomic E-state index is 12.3. The zero-order chi connectivity index (χ0) is 15.6. The number of hydrogen-bond donors (Lipinski definition) is 1. The second-order valence-corrected chi connectivity index (χ2v) is 6.39. The average Bonchev–Trinajstić information content (AvgIpc) is 3.03. The number of aryl methyl sites for hydroxylation is 1. The highest BCUT2D eigenvalue weighted by Crippen LogP contribution is 2.30. The summed E-state index contributed by atoms with van der Waals surface area (Å²) < 4.78 is 1.67. The predicted octanol–water partition coefficient (Wildman–Crippen LogP) is 1.26. The molecule has 1 unspecified atom stereocenters. The molecule has 1 aromatic rings. The molecule has 1 amide bonds. The van der Waals surface area contributed by atoms with Crippen LogP contribution in [0, 0.1) is 11.3 Å². The fourth-order valence-corrected chi connectivity index (χ4v) is 2.37. The molecule has 2 heterocycles. The van der Waals surface area contributed by atoms with Gasteiger partial charge in [0.1, 0.15) is 0 Å². The average molecular weight is 294 g/mol. The molecule has 2 rings (SSSR count). The molecule has 0 spiro atoms. The Morgan fingerprint density at radius 3 is 2.76 bits per heavy atom. The molecule has 1 aliphatic rings. The Morgan fingerprint density at radius 1 is 1.48 bits per heavy atom. The van der Waals surface area contributed by atoms with E-state index in [0.717, 1.165) is 13.0 Å². The topological polar surface area (TPSA) is 88.3 Å². The van der Waals surface area contributed by atoms with Gasteiger partial charge in [-0.1, -0.05) is 19.1 Å². The van der Waals surface area contributed by atoms with Crippen LogP contribution in [0.2, 0.25) is 0 Å². The Bertz CT molecular complexity index is 540. The van der Waals surface area contributed by atoms with Crippen LogP contribution in [0.15, 0.2) is 6.20 Å². The van der Waals surface area contributed by atoms with Crippen LogP contribution >= 0.6 is 0 Å². The summed E-state index contributed by atoms with van der Waals surface area (Å²) in [4.78, 5) is 25.1. The zero-order valence-corrected chi connectivity index (χ0v) is 12.7. The van der Waals surface area contributed by atoms with Crippen LogP contribution in [-0.4, -0.2) is 50.0 Å². The highest BCUT2D eigenvalue weighted by Gasteiger charge is 2.42. The molecule has 116 valence electrons.